The van der Waals surface area contributed by atoms with Crippen LogP contribution in [0.25, 0.3) is 33.3 Å². The lowest BCUT2D eigenvalue weighted by Crippen LogP contribution is -2.34. The minimum atomic E-state index is -1.28. The molecule has 2 N–H and O–H groups in total. The lowest BCUT2D eigenvalue weighted by atomic mass is 9.89. The maximum atomic E-state index is 14.9. The Morgan fingerprint density at radius 3 is 2.68 bits per heavy atom. The van der Waals surface area contributed by atoms with Gasteiger partial charge in [0.15, 0.2) is 0 Å². The first kappa shape index (κ1) is 26.9. The van der Waals surface area contributed by atoms with E-state index >= 15 is 0 Å². The van der Waals surface area contributed by atoms with Gasteiger partial charge in [-0.3, -0.25) is 9.78 Å². The number of carbonyl (C=O) groups is 1. The highest BCUT2D eigenvalue weighted by Crippen LogP contribution is 2.50. The number of nitrogens with zero attached hydrogens (tertiary/aromatic N) is 5. The normalized spacial score (nSPS) is 17.8. The molecule has 0 radical (unpaired) electrons. The third-order valence-corrected chi connectivity index (χ3v) is 8.35. The molecule has 4 heterocycles. The molecule has 1 fully saturated rings. The zero-order valence-corrected chi connectivity index (χ0v) is 23.9. The van der Waals surface area contributed by atoms with E-state index in [-0.39, 0.29) is 22.2 Å². The molecule has 1 saturated heterocycles. The van der Waals surface area contributed by atoms with Crippen molar-refractivity contribution in [3.8, 4) is 22.3 Å². The lowest BCUT2D eigenvalue weighted by Gasteiger charge is -2.30. The van der Waals surface area contributed by atoms with Crippen LogP contribution >= 0.6 is 0 Å². The number of pyridine rings is 3. The van der Waals surface area contributed by atoms with Crippen molar-refractivity contribution in [2.45, 2.75) is 19.8 Å². The van der Waals surface area contributed by atoms with E-state index in [9.17, 15) is 19.1 Å². The summed E-state index contributed by atoms with van der Waals surface area (Å²) >= 11 is 0. The summed E-state index contributed by atoms with van der Waals surface area (Å²) in [6, 6.07) is 4.80. The SMILES string of the molecule is CNc1cc(F)cc2c1Cc1ncc(-c3cnc4c(c3)c(=O)c(C(=O)O)cn4C)c(N3CCC(C)(CN(C)C)C3)c1-2. The summed E-state index contributed by atoms with van der Waals surface area (Å²) in [6.07, 6.45) is 6.37. The minimum absolute atomic E-state index is 0.0460. The molecular formula is C31H33FN6O3. The van der Waals surface area contributed by atoms with E-state index in [1.165, 1.54) is 12.3 Å². The van der Waals surface area contributed by atoms with Crippen molar-refractivity contribution < 1.29 is 14.3 Å². The molecule has 41 heavy (non-hydrogen) atoms. The van der Waals surface area contributed by atoms with Gasteiger partial charge in [-0.1, -0.05) is 6.92 Å². The maximum Gasteiger partial charge on any atom is 0.341 e. The third-order valence-electron chi connectivity index (χ3n) is 8.35. The van der Waals surface area contributed by atoms with E-state index in [1.54, 1.807) is 37.0 Å². The molecule has 1 atom stereocenters. The summed E-state index contributed by atoms with van der Waals surface area (Å²) in [5.41, 5.74) is 6.24. The number of nitrogens with one attached hydrogen (secondary N) is 1. The Morgan fingerprint density at radius 1 is 1.20 bits per heavy atom. The largest absolute Gasteiger partial charge is 0.477 e. The Bertz CT molecular complexity index is 1800. The predicted molar refractivity (Wildman–Crippen MR) is 158 cm³/mol. The van der Waals surface area contributed by atoms with Crippen molar-refractivity contribution in [1.82, 2.24) is 19.4 Å². The fraction of sp³-hybridized carbons (Fsp3) is 0.355. The number of hydrogen-bond donors (Lipinski definition) is 2. The van der Waals surface area contributed by atoms with Crippen LogP contribution in [-0.2, 0) is 13.5 Å². The molecular weight excluding hydrogens is 523 g/mol. The Kier molecular flexibility index (Phi) is 6.33. The fourth-order valence-corrected chi connectivity index (χ4v) is 6.71. The summed E-state index contributed by atoms with van der Waals surface area (Å²) in [4.78, 5) is 38.9. The highest BCUT2D eigenvalue weighted by Gasteiger charge is 2.38. The molecule has 1 aliphatic heterocycles. The Morgan fingerprint density at radius 2 is 1.98 bits per heavy atom. The minimum Gasteiger partial charge on any atom is -0.477 e. The number of aryl methyl sites for hydroxylation is 1. The lowest BCUT2D eigenvalue weighted by molar-refractivity contribution is 0.0695. The Hall–Kier alpha value is -4.31. The van der Waals surface area contributed by atoms with Crippen molar-refractivity contribution in [3.63, 3.8) is 0 Å². The number of carboxylic acid groups (broad SMARTS) is 1. The molecule has 6 rings (SSSR count). The van der Waals surface area contributed by atoms with E-state index in [2.05, 4.69) is 41.1 Å². The highest BCUT2D eigenvalue weighted by molar-refractivity contribution is 5.98. The van der Waals surface area contributed by atoms with Crippen molar-refractivity contribution in [2.24, 2.45) is 12.5 Å². The summed E-state index contributed by atoms with van der Waals surface area (Å²) in [6.45, 7) is 4.82. The number of benzene rings is 1. The van der Waals surface area contributed by atoms with Crippen LogP contribution in [0.5, 0.6) is 0 Å². The first-order valence-electron chi connectivity index (χ1n) is 13.6. The van der Waals surface area contributed by atoms with Gasteiger partial charge < -0.3 is 24.8 Å². The van der Waals surface area contributed by atoms with Crippen molar-refractivity contribution in [2.75, 3.05) is 51.0 Å². The number of rotatable bonds is 6. The standard InChI is InChI=1S/C31H33FN6O3/c1-31(15-36(3)4)6-7-38(16-31)27-22(13-34-25-11-19-20(26(25)27)9-18(32)10-24(19)33-2)17-8-21-28(39)23(30(40)41)14-37(5)29(21)35-12-17/h8-10,12-14,33H,6-7,11,15-16H2,1-5H3,(H,40,41). The van der Waals surface area contributed by atoms with Crippen LogP contribution in [0, 0.1) is 11.2 Å². The molecule has 3 aromatic heterocycles. The van der Waals surface area contributed by atoms with Crippen LogP contribution in [0.3, 0.4) is 0 Å². The van der Waals surface area contributed by atoms with Gasteiger partial charge in [0.25, 0.3) is 0 Å². The first-order valence-corrected chi connectivity index (χ1v) is 13.6. The first-order chi connectivity index (χ1) is 19.5. The van der Waals surface area contributed by atoms with Crippen molar-refractivity contribution >= 4 is 28.4 Å². The quantitative estimate of drug-likeness (QED) is 0.321. The van der Waals surface area contributed by atoms with Gasteiger partial charge in [-0.2, -0.15) is 0 Å². The van der Waals surface area contributed by atoms with Crippen molar-refractivity contribution in [3.05, 3.63) is 69.7 Å². The van der Waals surface area contributed by atoms with Gasteiger partial charge in [0.05, 0.1) is 16.8 Å². The molecule has 212 valence electrons. The average molecular weight is 557 g/mol. The summed E-state index contributed by atoms with van der Waals surface area (Å²) < 4.78 is 16.4. The second kappa shape index (κ2) is 9.66. The van der Waals surface area contributed by atoms with Crippen LogP contribution in [0.2, 0.25) is 0 Å². The van der Waals surface area contributed by atoms with Gasteiger partial charge in [0.1, 0.15) is 17.0 Å². The van der Waals surface area contributed by atoms with Crippen molar-refractivity contribution in [1.29, 1.82) is 0 Å². The van der Waals surface area contributed by atoms with Gasteiger partial charge in [-0.25, -0.2) is 14.2 Å². The van der Waals surface area contributed by atoms with Crippen LogP contribution < -0.4 is 15.6 Å². The second-order valence-corrected chi connectivity index (χ2v) is 11.9. The third kappa shape index (κ3) is 4.42. The molecule has 0 saturated carbocycles. The van der Waals surface area contributed by atoms with E-state index in [4.69, 9.17) is 4.98 Å². The predicted octanol–water partition coefficient (Wildman–Crippen LogP) is 4.22. The molecule has 1 aliphatic carbocycles. The molecule has 1 aromatic carbocycles. The molecule has 0 spiro atoms. The van der Waals surface area contributed by atoms with Gasteiger partial charge in [0.2, 0.25) is 5.43 Å². The molecule has 0 bridgehead atoms. The zero-order valence-electron chi connectivity index (χ0n) is 23.9. The Balaban J connectivity index is 1.61. The molecule has 4 aromatic rings. The molecule has 10 heteroatoms. The maximum absolute atomic E-state index is 14.9. The van der Waals surface area contributed by atoms with Crippen LogP contribution in [0.1, 0.15) is 35.0 Å². The average Bonchev–Trinajstić information content (AvgIpc) is 3.49. The number of carboxylic acids is 1. The smallest absolute Gasteiger partial charge is 0.341 e. The number of fused-ring (bicyclic) bond motifs is 4. The molecule has 9 nitrogen and oxygen atoms in total. The summed E-state index contributed by atoms with van der Waals surface area (Å²) in [7, 11) is 7.62. The molecule has 2 aliphatic rings. The van der Waals surface area contributed by atoms with Crippen LogP contribution in [0.4, 0.5) is 15.8 Å². The number of anilines is 2. The second-order valence-electron chi connectivity index (χ2n) is 11.9. The van der Waals surface area contributed by atoms with Gasteiger partial charge in [0, 0.05) is 81.1 Å². The van der Waals surface area contributed by atoms with Crippen LogP contribution in [0.15, 0.2) is 41.6 Å². The number of halogens is 1. The number of aromatic carboxylic acids is 1. The van der Waals surface area contributed by atoms with E-state index in [0.717, 1.165) is 65.4 Å². The zero-order chi connectivity index (χ0) is 29.2. The molecule has 0 amide bonds. The monoisotopic (exact) mass is 556 g/mol. The van der Waals surface area contributed by atoms with E-state index in [0.29, 0.717) is 17.6 Å². The number of hydrogen-bond acceptors (Lipinski definition) is 7. The summed E-state index contributed by atoms with van der Waals surface area (Å²) in [5, 5.41) is 13.0. The van der Waals surface area contributed by atoms with E-state index in [1.807, 2.05) is 6.20 Å². The van der Waals surface area contributed by atoms with Crippen LogP contribution in [-0.4, -0.2) is 71.3 Å². The van der Waals surface area contributed by atoms with Gasteiger partial charge in [-0.15, -0.1) is 0 Å². The Labute approximate surface area is 237 Å². The highest BCUT2D eigenvalue weighted by atomic mass is 19.1. The van der Waals surface area contributed by atoms with Gasteiger partial charge >= 0.3 is 5.97 Å². The topological polar surface area (TPSA) is 104 Å². The fourth-order valence-electron chi connectivity index (χ4n) is 6.71. The molecule has 1 unspecified atom stereocenters. The summed E-state index contributed by atoms with van der Waals surface area (Å²) in [5.74, 6) is -1.61. The van der Waals surface area contributed by atoms with Gasteiger partial charge in [-0.05, 0) is 55.3 Å². The number of aromatic nitrogens is 3. The van der Waals surface area contributed by atoms with E-state index < -0.39 is 11.4 Å².